The molecule has 0 radical (unpaired) electrons. The average Bonchev–Trinajstić information content (AvgIpc) is 2.37. The highest BCUT2D eigenvalue weighted by molar-refractivity contribution is 5.07. The van der Waals surface area contributed by atoms with Crippen LogP contribution in [0, 0.1) is 11.3 Å². The van der Waals surface area contributed by atoms with E-state index in [-0.39, 0.29) is 18.8 Å². The van der Waals surface area contributed by atoms with Crippen molar-refractivity contribution in [1.82, 2.24) is 0 Å². The zero-order valence-corrected chi connectivity index (χ0v) is 7.73. The van der Waals surface area contributed by atoms with E-state index in [2.05, 4.69) is 0 Å². The van der Waals surface area contributed by atoms with Gasteiger partial charge < -0.3 is 14.6 Å². The molecule has 0 aromatic rings. The van der Waals surface area contributed by atoms with E-state index in [1.807, 2.05) is 6.07 Å². The van der Waals surface area contributed by atoms with Gasteiger partial charge in [-0.1, -0.05) is 0 Å². The average molecular weight is 183 g/mol. The normalized spacial score (nSPS) is 32.2. The van der Waals surface area contributed by atoms with Crippen molar-refractivity contribution in [2.45, 2.75) is 31.8 Å². The predicted octanol–water partition coefficient (Wildman–Crippen LogP) is 0.579. The Morgan fingerprint density at radius 1 is 1.54 bits per heavy atom. The molecule has 0 amide bonds. The third-order valence-corrected chi connectivity index (χ3v) is 1.76. The van der Waals surface area contributed by atoms with Crippen molar-refractivity contribution < 1.29 is 14.6 Å². The summed E-state index contributed by atoms with van der Waals surface area (Å²) >= 11 is 0. The molecule has 1 heterocycles. The Bertz CT molecular complexity index is 242. The van der Waals surface area contributed by atoms with Crippen LogP contribution in [0.2, 0.25) is 0 Å². The lowest BCUT2D eigenvalue weighted by Gasteiger charge is -2.15. The first-order valence-corrected chi connectivity index (χ1v) is 4.12. The van der Waals surface area contributed by atoms with Crippen LogP contribution in [0.4, 0.5) is 0 Å². The first-order chi connectivity index (χ1) is 6.09. The SMILES string of the molecule is CC1(C)O[C@@H](/C=C\C#N)[C@H](CO)O1. The Morgan fingerprint density at radius 3 is 2.77 bits per heavy atom. The van der Waals surface area contributed by atoms with Gasteiger partial charge in [-0.15, -0.1) is 0 Å². The molecule has 1 saturated heterocycles. The summed E-state index contributed by atoms with van der Waals surface area (Å²) in [6, 6.07) is 1.87. The zero-order chi connectivity index (χ0) is 9.90. The third-order valence-electron chi connectivity index (χ3n) is 1.76. The molecule has 0 bridgehead atoms. The molecule has 4 heteroatoms. The van der Waals surface area contributed by atoms with Gasteiger partial charge in [-0.2, -0.15) is 5.26 Å². The fourth-order valence-corrected chi connectivity index (χ4v) is 1.31. The molecule has 1 N–H and O–H groups in total. The van der Waals surface area contributed by atoms with Crippen molar-refractivity contribution >= 4 is 0 Å². The monoisotopic (exact) mass is 183 g/mol. The number of hydrogen-bond donors (Lipinski definition) is 1. The van der Waals surface area contributed by atoms with E-state index in [0.29, 0.717) is 0 Å². The van der Waals surface area contributed by atoms with Crippen LogP contribution in [0.25, 0.3) is 0 Å². The fraction of sp³-hybridized carbons (Fsp3) is 0.667. The Kier molecular flexibility index (Phi) is 3.04. The van der Waals surface area contributed by atoms with Gasteiger partial charge in [0.1, 0.15) is 12.2 Å². The molecule has 0 saturated carbocycles. The molecule has 0 spiro atoms. The standard InChI is InChI=1S/C9H13NO3/c1-9(2)12-7(4-3-5-10)8(6-11)13-9/h3-4,7-8,11H,6H2,1-2H3/b4-3-/t7-,8-/m0/s1. The van der Waals surface area contributed by atoms with Crippen molar-refractivity contribution in [2.24, 2.45) is 0 Å². The van der Waals surface area contributed by atoms with Crippen LogP contribution in [0.1, 0.15) is 13.8 Å². The van der Waals surface area contributed by atoms with E-state index in [0.717, 1.165) is 0 Å². The maximum Gasteiger partial charge on any atom is 0.164 e. The first-order valence-electron chi connectivity index (χ1n) is 4.12. The Hall–Kier alpha value is -0.890. The highest BCUT2D eigenvalue weighted by Gasteiger charge is 2.39. The molecule has 0 unspecified atom stereocenters. The minimum Gasteiger partial charge on any atom is -0.394 e. The van der Waals surface area contributed by atoms with E-state index in [1.165, 1.54) is 6.08 Å². The molecule has 1 rings (SSSR count). The van der Waals surface area contributed by atoms with Crippen molar-refractivity contribution in [3.63, 3.8) is 0 Å². The van der Waals surface area contributed by atoms with Gasteiger partial charge in [-0.3, -0.25) is 0 Å². The van der Waals surface area contributed by atoms with Gasteiger partial charge in [0.15, 0.2) is 5.79 Å². The number of allylic oxidation sites excluding steroid dienone is 1. The van der Waals surface area contributed by atoms with Crippen molar-refractivity contribution in [3.8, 4) is 6.07 Å². The molecule has 13 heavy (non-hydrogen) atoms. The molecule has 4 nitrogen and oxygen atoms in total. The van der Waals surface area contributed by atoms with Gasteiger partial charge in [-0.05, 0) is 19.9 Å². The lowest BCUT2D eigenvalue weighted by Crippen LogP contribution is -2.24. The summed E-state index contributed by atoms with van der Waals surface area (Å²) in [7, 11) is 0. The minimum absolute atomic E-state index is 0.107. The van der Waals surface area contributed by atoms with Gasteiger partial charge >= 0.3 is 0 Å². The van der Waals surface area contributed by atoms with Crippen LogP contribution in [-0.4, -0.2) is 29.7 Å². The van der Waals surface area contributed by atoms with E-state index in [9.17, 15) is 0 Å². The van der Waals surface area contributed by atoms with Crippen LogP contribution in [-0.2, 0) is 9.47 Å². The Labute approximate surface area is 77.4 Å². The molecule has 1 fully saturated rings. The highest BCUT2D eigenvalue weighted by Crippen LogP contribution is 2.28. The Morgan fingerprint density at radius 2 is 2.23 bits per heavy atom. The van der Waals surface area contributed by atoms with Crippen LogP contribution in [0.15, 0.2) is 12.2 Å². The summed E-state index contributed by atoms with van der Waals surface area (Å²) in [4.78, 5) is 0. The maximum atomic E-state index is 8.95. The number of nitrogens with zero attached hydrogens (tertiary/aromatic N) is 1. The molecule has 1 aliphatic heterocycles. The topological polar surface area (TPSA) is 62.5 Å². The second-order valence-corrected chi connectivity index (χ2v) is 3.31. The lowest BCUT2D eigenvalue weighted by molar-refractivity contribution is -0.146. The van der Waals surface area contributed by atoms with Gasteiger partial charge in [0, 0.05) is 6.08 Å². The molecular formula is C9H13NO3. The Balaban J connectivity index is 2.65. The molecule has 2 atom stereocenters. The minimum atomic E-state index is -0.683. The largest absolute Gasteiger partial charge is 0.394 e. The summed E-state index contributed by atoms with van der Waals surface area (Å²) in [5, 5.41) is 17.3. The molecule has 1 aliphatic rings. The highest BCUT2D eigenvalue weighted by atomic mass is 16.8. The smallest absolute Gasteiger partial charge is 0.164 e. The second-order valence-electron chi connectivity index (χ2n) is 3.31. The van der Waals surface area contributed by atoms with Crippen molar-refractivity contribution in [3.05, 3.63) is 12.2 Å². The number of rotatable bonds is 2. The van der Waals surface area contributed by atoms with E-state index in [4.69, 9.17) is 19.8 Å². The molecular weight excluding hydrogens is 170 g/mol. The van der Waals surface area contributed by atoms with E-state index >= 15 is 0 Å². The lowest BCUT2D eigenvalue weighted by atomic mass is 10.2. The van der Waals surface area contributed by atoms with Crippen LogP contribution in [0.5, 0.6) is 0 Å². The summed E-state index contributed by atoms with van der Waals surface area (Å²) in [6.45, 7) is 3.44. The fourth-order valence-electron chi connectivity index (χ4n) is 1.31. The van der Waals surface area contributed by atoms with Crippen LogP contribution >= 0.6 is 0 Å². The quantitative estimate of drug-likeness (QED) is 0.636. The molecule has 72 valence electrons. The molecule has 0 aromatic carbocycles. The van der Waals surface area contributed by atoms with Crippen LogP contribution in [0.3, 0.4) is 0 Å². The van der Waals surface area contributed by atoms with Gasteiger partial charge in [0.05, 0.1) is 12.7 Å². The van der Waals surface area contributed by atoms with Gasteiger partial charge in [0.2, 0.25) is 0 Å². The van der Waals surface area contributed by atoms with Crippen molar-refractivity contribution in [2.75, 3.05) is 6.61 Å². The third kappa shape index (κ3) is 2.52. The number of aliphatic hydroxyl groups is 1. The number of hydrogen-bond acceptors (Lipinski definition) is 4. The first kappa shape index (κ1) is 10.2. The second kappa shape index (κ2) is 3.88. The molecule has 0 aromatic heterocycles. The zero-order valence-electron chi connectivity index (χ0n) is 7.73. The summed E-state index contributed by atoms with van der Waals surface area (Å²) in [5.41, 5.74) is 0. The van der Waals surface area contributed by atoms with E-state index < -0.39 is 5.79 Å². The van der Waals surface area contributed by atoms with Crippen molar-refractivity contribution in [1.29, 1.82) is 5.26 Å². The van der Waals surface area contributed by atoms with Crippen LogP contribution < -0.4 is 0 Å². The van der Waals surface area contributed by atoms with E-state index in [1.54, 1.807) is 19.9 Å². The number of aliphatic hydroxyl groups excluding tert-OH is 1. The summed E-state index contributed by atoms with van der Waals surface area (Å²) < 4.78 is 10.8. The molecule has 0 aliphatic carbocycles. The van der Waals surface area contributed by atoms with Gasteiger partial charge in [0.25, 0.3) is 0 Å². The predicted molar refractivity (Wildman–Crippen MR) is 45.7 cm³/mol. The summed E-state index contributed by atoms with van der Waals surface area (Å²) in [5.74, 6) is -0.683. The summed E-state index contributed by atoms with van der Waals surface area (Å²) in [6.07, 6.45) is 2.22. The van der Waals surface area contributed by atoms with Gasteiger partial charge in [-0.25, -0.2) is 0 Å². The maximum absolute atomic E-state index is 8.95. The number of nitriles is 1. The number of ether oxygens (including phenoxy) is 2.